The summed E-state index contributed by atoms with van der Waals surface area (Å²) in [6.07, 6.45) is 2.58. The highest BCUT2D eigenvalue weighted by Gasteiger charge is 2.49. The summed E-state index contributed by atoms with van der Waals surface area (Å²) in [7, 11) is 0. The standard InChI is InChI=1S/C20H35NO3S/c1-17(2,3)11-20(8,9)25-14-10-15(23)21(16(14)24)19(6,7)12-18(4,5)13-22/h13-14H,10-12H2,1-9H3. The summed E-state index contributed by atoms with van der Waals surface area (Å²) >= 11 is 1.61. The van der Waals surface area contributed by atoms with Crippen molar-refractivity contribution in [3.8, 4) is 0 Å². The van der Waals surface area contributed by atoms with Gasteiger partial charge in [-0.05, 0) is 32.1 Å². The Kier molecular flexibility index (Phi) is 6.26. The van der Waals surface area contributed by atoms with Crippen molar-refractivity contribution in [1.82, 2.24) is 4.90 Å². The summed E-state index contributed by atoms with van der Waals surface area (Å²) in [6, 6.07) is 0. The lowest BCUT2D eigenvalue weighted by atomic mass is 9.80. The lowest BCUT2D eigenvalue weighted by molar-refractivity contribution is -0.146. The van der Waals surface area contributed by atoms with E-state index in [1.54, 1.807) is 11.8 Å². The number of aldehydes is 1. The van der Waals surface area contributed by atoms with E-state index in [2.05, 4.69) is 34.6 Å². The number of amides is 2. The summed E-state index contributed by atoms with van der Waals surface area (Å²) in [5, 5.41) is -0.330. The molecule has 0 N–H and O–H groups in total. The Morgan fingerprint density at radius 3 is 1.96 bits per heavy atom. The van der Waals surface area contributed by atoms with Crippen LogP contribution in [0.3, 0.4) is 0 Å². The minimum Gasteiger partial charge on any atom is -0.303 e. The molecule has 0 bridgehead atoms. The number of hydrogen-bond acceptors (Lipinski definition) is 4. The van der Waals surface area contributed by atoms with Gasteiger partial charge in [0, 0.05) is 22.1 Å². The van der Waals surface area contributed by atoms with E-state index in [0.29, 0.717) is 6.42 Å². The molecule has 0 aliphatic carbocycles. The Morgan fingerprint density at radius 2 is 1.52 bits per heavy atom. The highest BCUT2D eigenvalue weighted by atomic mass is 32.2. The fourth-order valence-electron chi connectivity index (χ4n) is 4.27. The lowest BCUT2D eigenvalue weighted by Gasteiger charge is -2.38. The molecule has 0 aromatic heterocycles. The molecule has 1 fully saturated rings. The van der Waals surface area contributed by atoms with E-state index in [-0.39, 0.29) is 33.6 Å². The first-order valence-electron chi connectivity index (χ1n) is 9.01. The third-order valence-corrected chi connectivity index (χ3v) is 5.77. The monoisotopic (exact) mass is 369 g/mol. The van der Waals surface area contributed by atoms with Crippen LogP contribution in [0.5, 0.6) is 0 Å². The largest absolute Gasteiger partial charge is 0.303 e. The van der Waals surface area contributed by atoms with Crippen molar-refractivity contribution < 1.29 is 14.4 Å². The first-order chi connectivity index (χ1) is 11.0. The summed E-state index contributed by atoms with van der Waals surface area (Å²) in [6.45, 7) is 18.3. The first-order valence-corrected chi connectivity index (χ1v) is 9.89. The molecular formula is C20H35NO3S. The fraction of sp³-hybridized carbons (Fsp3) is 0.850. The van der Waals surface area contributed by atoms with Crippen LogP contribution in [0.25, 0.3) is 0 Å². The second kappa shape index (κ2) is 7.05. The van der Waals surface area contributed by atoms with Crippen molar-refractivity contribution in [3.05, 3.63) is 0 Å². The molecule has 0 radical (unpaired) electrons. The van der Waals surface area contributed by atoms with Gasteiger partial charge in [0.25, 0.3) is 0 Å². The molecule has 0 aromatic carbocycles. The molecule has 1 atom stereocenters. The van der Waals surface area contributed by atoms with Gasteiger partial charge >= 0.3 is 0 Å². The van der Waals surface area contributed by atoms with Crippen LogP contribution in [0, 0.1) is 10.8 Å². The van der Waals surface area contributed by atoms with E-state index >= 15 is 0 Å². The quantitative estimate of drug-likeness (QED) is 0.491. The summed E-state index contributed by atoms with van der Waals surface area (Å²) in [5.41, 5.74) is -1.07. The molecular weight excluding hydrogens is 334 g/mol. The van der Waals surface area contributed by atoms with E-state index in [1.807, 2.05) is 27.7 Å². The molecule has 1 unspecified atom stereocenters. The van der Waals surface area contributed by atoms with Crippen molar-refractivity contribution in [2.45, 2.75) is 97.1 Å². The summed E-state index contributed by atoms with van der Waals surface area (Å²) in [4.78, 5) is 38.2. The number of nitrogens with zero attached hydrogens (tertiary/aromatic N) is 1. The number of carbonyl (C=O) groups excluding carboxylic acids is 3. The molecule has 0 aromatic rings. The average molecular weight is 370 g/mol. The Hall–Kier alpha value is -0.840. The molecule has 0 spiro atoms. The smallest absolute Gasteiger partial charge is 0.243 e. The van der Waals surface area contributed by atoms with Crippen LogP contribution in [-0.4, -0.2) is 38.5 Å². The molecule has 1 rings (SSSR count). The molecule has 144 valence electrons. The van der Waals surface area contributed by atoms with Gasteiger partial charge in [-0.25, -0.2) is 0 Å². The van der Waals surface area contributed by atoms with E-state index in [1.165, 1.54) is 4.90 Å². The molecule has 2 amide bonds. The van der Waals surface area contributed by atoms with Crippen molar-refractivity contribution in [1.29, 1.82) is 0 Å². The first kappa shape index (κ1) is 22.2. The maximum atomic E-state index is 13.0. The average Bonchev–Trinajstić information content (AvgIpc) is 2.59. The highest BCUT2D eigenvalue weighted by Crippen LogP contribution is 2.43. The molecule has 1 heterocycles. The molecule has 25 heavy (non-hydrogen) atoms. The number of imide groups is 1. The molecule has 0 saturated carbocycles. The third kappa shape index (κ3) is 6.12. The fourth-order valence-corrected chi connectivity index (χ4v) is 5.99. The van der Waals surface area contributed by atoms with Gasteiger partial charge in [-0.2, -0.15) is 0 Å². The van der Waals surface area contributed by atoms with E-state index in [4.69, 9.17) is 0 Å². The van der Waals surface area contributed by atoms with Crippen LogP contribution in [0.1, 0.15) is 81.6 Å². The van der Waals surface area contributed by atoms with Gasteiger partial charge in [0.1, 0.15) is 6.29 Å². The molecule has 5 heteroatoms. The second-order valence-electron chi connectivity index (χ2n) is 10.5. The van der Waals surface area contributed by atoms with Crippen LogP contribution in [0.2, 0.25) is 0 Å². The van der Waals surface area contributed by atoms with Gasteiger partial charge < -0.3 is 4.79 Å². The van der Waals surface area contributed by atoms with Crippen LogP contribution in [0.15, 0.2) is 0 Å². The molecule has 1 aliphatic rings. The van der Waals surface area contributed by atoms with E-state index in [9.17, 15) is 14.4 Å². The maximum absolute atomic E-state index is 13.0. The van der Waals surface area contributed by atoms with Crippen molar-refractivity contribution in [3.63, 3.8) is 0 Å². The zero-order valence-corrected chi connectivity index (χ0v) is 18.2. The third-order valence-electron chi connectivity index (χ3n) is 4.34. The Bertz CT molecular complexity index is 544. The Morgan fingerprint density at radius 1 is 1.00 bits per heavy atom. The zero-order valence-electron chi connectivity index (χ0n) is 17.4. The summed E-state index contributed by atoms with van der Waals surface area (Å²) < 4.78 is -0.0823. The molecule has 4 nitrogen and oxygen atoms in total. The number of likely N-dealkylation sites (tertiary alicyclic amines) is 1. The van der Waals surface area contributed by atoms with Gasteiger partial charge in [0.15, 0.2) is 0 Å². The van der Waals surface area contributed by atoms with Crippen LogP contribution in [-0.2, 0) is 14.4 Å². The van der Waals surface area contributed by atoms with E-state index in [0.717, 1.165) is 12.7 Å². The minimum atomic E-state index is -0.665. The predicted molar refractivity (Wildman–Crippen MR) is 105 cm³/mol. The van der Waals surface area contributed by atoms with Gasteiger partial charge in [0.05, 0.1) is 5.25 Å². The van der Waals surface area contributed by atoms with Crippen LogP contribution in [0.4, 0.5) is 0 Å². The van der Waals surface area contributed by atoms with E-state index < -0.39 is 11.0 Å². The minimum absolute atomic E-state index is 0.0823. The number of hydrogen-bond donors (Lipinski definition) is 0. The predicted octanol–water partition coefficient (Wildman–Crippen LogP) is 4.46. The SMILES string of the molecule is CC(C)(C)CC(C)(C)SC1CC(=O)N(C(C)(C)CC(C)(C)C=O)C1=O. The van der Waals surface area contributed by atoms with Crippen molar-refractivity contribution >= 4 is 29.9 Å². The van der Waals surface area contributed by atoms with Gasteiger partial charge in [-0.1, -0.05) is 48.5 Å². The van der Waals surface area contributed by atoms with Gasteiger partial charge in [0.2, 0.25) is 11.8 Å². The highest BCUT2D eigenvalue weighted by molar-refractivity contribution is 8.02. The van der Waals surface area contributed by atoms with Crippen LogP contribution < -0.4 is 0 Å². The van der Waals surface area contributed by atoms with Gasteiger partial charge in [-0.3, -0.25) is 14.5 Å². The Balaban J connectivity index is 2.94. The van der Waals surface area contributed by atoms with Crippen LogP contribution >= 0.6 is 11.8 Å². The number of thioether (sulfide) groups is 1. The van der Waals surface area contributed by atoms with Gasteiger partial charge in [-0.15, -0.1) is 11.8 Å². The van der Waals surface area contributed by atoms with Crippen molar-refractivity contribution in [2.75, 3.05) is 0 Å². The summed E-state index contributed by atoms with van der Waals surface area (Å²) in [5.74, 6) is -0.232. The molecule has 1 saturated heterocycles. The number of rotatable bonds is 7. The van der Waals surface area contributed by atoms with Crippen molar-refractivity contribution in [2.24, 2.45) is 10.8 Å². The topological polar surface area (TPSA) is 54.5 Å². The number of carbonyl (C=O) groups is 3. The lowest BCUT2D eigenvalue weighted by Crippen LogP contribution is -2.50. The maximum Gasteiger partial charge on any atom is 0.243 e. The zero-order chi connectivity index (χ0) is 19.8. The Labute approximate surface area is 157 Å². The normalized spacial score (nSPS) is 20.4. The second-order valence-corrected chi connectivity index (χ2v) is 12.4. The molecule has 1 aliphatic heterocycles.